The van der Waals surface area contributed by atoms with E-state index >= 15 is 0 Å². The smallest absolute Gasteiger partial charge is 0.240 e. The Balaban J connectivity index is 2.09. The number of rotatable bonds is 5. The van der Waals surface area contributed by atoms with Gasteiger partial charge in [0.25, 0.3) is 0 Å². The molecule has 0 unspecified atom stereocenters. The third-order valence-electron chi connectivity index (χ3n) is 2.38. The highest BCUT2D eigenvalue weighted by Crippen LogP contribution is 2.14. The van der Waals surface area contributed by atoms with E-state index in [-0.39, 0.29) is 4.90 Å². The van der Waals surface area contributed by atoms with Crippen LogP contribution in [0.2, 0.25) is 0 Å². The lowest BCUT2D eigenvalue weighted by Gasteiger charge is -2.06. The number of hydrazine groups is 1. The first-order valence-corrected chi connectivity index (χ1v) is 7.62. The molecule has 2 rings (SSSR count). The first kappa shape index (κ1) is 13.0. The molecule has 1 heterocycles. The van der Waals surface area contributed by atoms with E-state index in [1.807, 2.05) is 16.8 Å². The van der Waals surface area contributed by atoms with Crippen molar-refractivity contribution in [3.63, 3.8) is 0 Å². The number of nitrogen functional groups attached to an aromatic ring is 1. The summed E-state index contributed by atoms with van der Waals surface area (Å²) in [6.07, 6.45) is 0. The van der Waals surface area contributed by atoms with Crippen LogP contribution in [0.3, 0.4) is 0 Å². The second kappa shape index (κ2) is 5.49. The number of nitrogens with one attached hydrogen (secondary N) is 2. The Morgan fingerprint density at radius 2 is 1.89 bits per heavy atom. The zero-order valence-corrected chi connectivity index (χ0v) is 11.1. The fraction of sp³-hybridized carbons (Fsp3) is 0.0909. The van der Waals surface area contributed by atoms with Gasteiger partial charge in [-0.3, -0.25) is 5.84 Å². The summed E-state index contributed by atoms with van der Waals surface area (Å²) in [6, 6.07) is 8.11. The Labute approximate surface area is 110 Å². The maximum absolute atomic E-state index is 12.0. The van der Waals surface area contributed by atoms with Crippen molar-refractivity contribution in [2.24, 2.45) is 5.84 Å². The summed E-state index contributed by atoms with van der Waals surface area (Å²) in [5.74, 6) is 5.22. The first-order chi connectivity index (χ1) is 8.62. The van der Waals surface area contributed by atoms with Crippen molar-refractivity contribution in [3.05, 3.63) is 46.7 Å². The summed E-state index contributed by atoms with van der Waals surface area (Å²) < 4.78 is 26.5. The van der Waals surface area contributed by atoms with Gasteiger partial charge in [0, 0.05) is 12.2 Å². The summed E-state index contributed by atoms with van der Waals surface area (Å²) in [7, 11) is -3.48. The lowest BCUT2D eigenvalue weighted by atomic mass is 10.3. The molecule has 18 heavy (non-hydrogen) atoms. The van der Waals surface area contributed by atoms with Crippen molar-refractivity contribution in [3.8, 4) is 0 Å². The van der Waals surface area contributed by atoms with Crippen molar-refractivity contribution in [1.82, 2.24) is 4.72 Å². The van der Waals surface area contributed by atoms with E-state index in [9.17, 15) is 8.42 Å². The average molecular weight is 283 g/mol. The molecule has 0 aliphatic rings. The van der Waals surface area contributed by atoms with Gasteiger partial charge in [-0.2, -0.15) is 11.3 Å². The van der Waals surface area contributed by atoms with Crippen molar-refractivity contribution >= 4 is 27.0 Å². The molecule has 0 aliphatic carbocycles. The van der Waals surface area contributed by atoms with Crippen LogP contribution in [0, 0.1) is 0 Å². The lowest BCUT2D eigenvalue weighted by Crippen LogP contribution is -2.23. The Morgan fingerprint density at radius 1 is 1.17 bits per heavy atom. The molecule has 7 heteroatoms. The van der Waals surface area contributed by atoms with Gasteiger partial charge in [-0.05, 0) is 46.7 Å². The molecular formula is C11H13N3O2S2. The van der Waals surface area contributed by atoms with Gasteiger partial charge in [-0.25, -0.2) is 13.1 Å². The van der Waals surface area contributed by atoms with Crippen LogP contribution in [0.1, 0.15) is 5.56 Å². The molecule has 0 saturated carbocycles. The van der Waals surface area contributed by atoms with Gasteiger partial charge in [-0.15, -0.1) is 0 Å². The van der Waals surface area contributed by atoms with Gasteiger partial charge in [0.15, 0.2) is 0 Å². The number of nitrogens with two attached hydrogens (primary N) is 1. The second-order valence-corrected chi connectivity index (χ2v) is 6.17. The van der Waals surface area contributed by atoms with Crippen LogP contribution in [0.4, 0.5) is 5.69 Å². The topological polar surface area (TPSA) is 84.2 Å². The number of hydrogen-bond donors (Lipinski definition) is 3. The standard InChI is InChI=1S/C11H13N3O2S2/c12-14-10-1-3-11(4-2-10)18(15,16)13-7-9-5-6-17-8-9/h1-6,8,13-14H,7,12H2. The van der Waals surface area contributed by atoms with Crippen LogP contribution in [-0.4, -0.2) is 8.42 Å². The van der Waals surface area contributed by atoms with Crippen molar-refractivity contribution in [2.75, 3.05) is 5.43 Å². The summed E-state index contributed by atoms with van der Waals surface area (Å²) in [5.41, 5.74) is 4.05. The maximum Gasteiger partial charge on any atom is 0.240 e. The zero-order valence-electron chi connectivity index (χ0n) is 9.46. The van der Waals surface area contributed by atoms with E-state index in [0.29, 0.717) is 12.2 Å². The quantitative estimate of drug-likeness (QED) is 0.573. The predicted molar refractivity (Wildman–Crippen MR) is 72.6 cm³/mol. The van der Waals surface area contributed by atoms with Crippen LogP contribution in [0.25, 0.3) is 0 Å². The van der Waals surface area contributed by atoms with E-state index < -0.39 is 10.0 Å². The number of thiophene rings is 1. The monoisotopic (exact) mass is 283 g/mol. The third kappa shape index (κ3) is 3.08. The minimum Gasteiger partial charge on any atom is -0.324 e. The minimum absolute atomic E-state index is 0.219. The van der Waals surface area contributed by atoms with E-state index in [1.54, 1.807) is 12.1 Å². The highest BCUT2D eigenvalue weighted by molar-refractivity contribution is 7.89. The fourth-order valence-electron chi connectivity index (χ4n) is 1.39. The molecule has 0 amide bonds. The molecule has 0 bridgehead atoms. The molecule has 0 spiro atoms. The molecule has 2 aromatic rings. The van der Waals surface area contributed by atoms with E-state index in [0.717, 1.165) is 5.56 Å². The van der Waals surface area contributed by atoms with Crippen LogP contribution < -0.4 is 16.0 Å². The van der Waals surface area contributed by atoms with E-state index in [4.69, 9.17) is 5.84 Å². The summed E-state index contributed by atoms with van der Waals surface area (Å²) in [5, 5.41) is 3.81. The Morgan fingerprint density at radius 3 is 2.44 bits per heavy atom. The fourth-order valence-corrected chi connectivity index (χ4v) is 3.07. The number of hydrogen-bond acceptors (Lipinski definition) is 5. The molecule has 1 aromatic carbocycles. The Hall–Kier alpha value is -1.41. The highest BCUT2D eigenvalue weighted by atomic mass is 32.2. The molecule has 4 N–H and O–H groups in total. The molecule has 0 atom stereocenters. The van der Waals surface area contributed by atoms with Gasteiger partial charge >= 0.3 is 0 Å². The molecule has 0 aliphatic heterocycles. The number of benzene rings is 1. The normalized spacial score (nSPS) is 11.4. The van der Waals surface area contributed by atoms with E-state index in [1.165, 1.54) is 23.5 Å². The lowest BCUT2D eigenvalue weighted by molar-refractivity contribution is 0.581. The first-order valence-electron chi connectivity index (χ1n) is 5.19. The molecule has 0 radical (unpaired) electrons. The van der Waals surface area contributed by atoms with Gasteiger partial charge in [0.1, 0.15) is 0 Å². The summed E-state index contributed by atoms with van der Waals surface area (Å²) >= 11 is 1.53. The van der Waals surface area contributed by atoms with Crippen LogP contribution in [-0.2, 0) is 16.6 Å². The van der Waals surface area contributed by atoms with Crippen LogP contribution >= 0.6 is 11.3 Å². The van der Waals surface area contributed by atoms with Gasteiger partial charge in [0.2, 0.25) is 10.0 Å². The molecule has 0 saturated heterocycles. The Bertz CT molecular complexity index is 592. The van der Waals surface area contributed by atoms with Crippen LogP contribution in [0.5, 0.6) is 0 Å². The number of anilines is 1. The maximum atomic E-state index is 12.0. The molecule has 1 aromatic heterocycles. The predicted octanol–water partition coefficient (Wildman–Crippen LogP) is 1.51. The summed E-state index contributed by atoms with van der Waals surface area (Å²) in [4.78, 5) is 0.219. The summed E-state index contributed by atoms with van der Waals surface area (Å²) in [6.45, 7) is 0.294. The molecule has 5 nitrogen and oxygen atoms in total. The molecule has 96 valence electrons. The molecule has 0 fully saturated rings. The largest absolute Gasteiger partial charge is 0.324 e. The van der Waals surface area contributed by atoms with Crippen molar-refractivity contribution in [2.45, 2.75) is 11.4 Å². The minimum atomic E-state index is -3.48. The van der Waals surface area contributed by atoms with Crippen LogP contribution in [0.15, 0.2) is 46.0 Å². The van der Waals surface area contributed by atoms with Gasteiger partial charge in [0.05, 0.1) is 4.90 Å². The zero-order chi connectivity index (χ0) is 13.0. The van der Waals surface area contributed by atoms with Crippen molar-refractivity contribution < 1.29 is 8.42 Å². The highest BCUT2D eigenvalue weighted by Gasteiger charge is 2.13. The SMILES string of the molecule is NNc1ccc(S(=O)(=O)NCc2ccsc2)cc1. The number of sulfonamides is 1. The van der Waals surface area contributed by atoms with Gasteiger partial charge in [-0.1, -0.05) is 0 Å². The van der Waals surface area contributed by atoms with Crippen molar-refractivity contribution in [1.29, 1.82) is 0 Å². The van der Waals surface area contributed by atoms with E-state index in [2.05, 4.69) is 10.1 Å². The van der Waals surface area contributed by atoms with Gasteiger partial charge < -0.3 is 5.43 Å². The average Bonchev–Trinajstić information content (AvgIpc) is 2.90. The second-order valence-electron chi connectivity index (χ2n) is 3.62. The third-order valence-corrected chi connectivity index (χ3v) is 4.53. The molecular weight excluding hydrogens is 270 g/mol. The Kier molecular flexibility index (Phi) is 3.97.